The molecule has 12 heavy (non-hydrogen) atoms. The van der Waals surface area contributed by atoms with Gasteiger partial charge >= 0.3 is 0 Å². The van der Waals surface area contributed by atoms with Crippen LogP contribution in [0.3, 0.4) is 0 Å². The number of rotatable bonds is 1. The molecule has 0 aliphatic rings. The molecule has 1 N–H and O–H groups in total. The molecule has 0 radical (unpaired) electrons. The van der Waals surface area contributed by atoms with E-state index >= 15 is 0 Å². The minimum Gasteiger partial charge on any atom is -0.505 e. The number of aromatic nitrogens is 1. The average molecular weight is 160 g/mol. The van der Waals surface area contributed by atoms with Crippen LogP contribution in [0.4, 0.5) is 0 Å². The molecule has 0 amide bonds. The van der Waals surface area contributed by atoms with Gasteiger partial charge in [0.15, 0.2) is 5.75 Å². The second-order valence-corrected chi connectivity index (χ2v) is 2.42. The van der Waals surface area contributed by atoms with E-state index in [0.29, 0.717) is 17.8 Å². The van der Waals surface area contributed by atoms with Gasteiger partial charge in [0.1, 0.15) is 11.6 Å². The smallest absolute Gasteiger partial charge is 0.151 e. The molecule has 0 spiro atoms. The van der Waals surface area contributed by atoms with Gasteiger partial charge in [-0.25, -0.2) is 0 Å². The topological polar surface area (TPSA) is 49.0 Å². The van der Waals surface area contributed by atoms with Crippen molar-refractivity contribution >= 4 is 0 Å². The van der Waals surface area contributed by atoms with Gasteiger partial charge in [-0.3, -0.25) is 0 Å². The molecule has 0 aliphatic heterocycles. The maximum absolute atomic E-state index is 9.23. The minimum absolute atomic E-state index is 0.00903. The third kappa shape index (κ3) is 1.13. The fourth-order valence-corrected chi connectivity index (χ4v) is 1.04. The molecule has 0 unspecified atom stereocenters. The Bertz CT molecular complexity index is 376. The van der Waals surface area contributed by atoms with Crippen LogP contribution >= 0.6 is 0 Å². The molecule has 0 bridgehead atoms. The standard InChI is InChI=1S/C9H8N2O/c1-3-4-11-6-9(12)8(5-10)7(11)2/h1,6,12H,4H2,2H3. The van der Waals surface area contributed by atoms with Gasteiger partial charge in [-0.2, -0.15) is 5.26 Å². The zero-order valence-corrected chi connectivity index (χ0v) is 6.70. The fraction of sp³-hybridized carbons (Fsp3) is 0.222. The highest BCUT2D eigenvalue weighted by atomic mass is 16.3. The van der Waals surface area contributed by atoms with E-state index in [9.17, 15) is 5.11 Å². The first kappa shape index (κ1) is 8.23. The number of nitriles is 1. The second-order valence-electron chi connectivity index (χ2n) is 2.42. The molecule has 0 saturated carbocycles. The Balaban J connectivity index is 3.21. The van der Waals surface area contributed by atoms with Crippen LogP contribution in [0.15, 0.2) is 6.20 Å². The van der Waals surface area contributed by atoms with Gasteiger partial charge in [0, 0.05) is 11.9 Å². The zero-order valence-electron chi connectivity index (χ0n) is 6.70. The van der Waals surface area contributed by atoms with Crippen molar-refractivity contribution in [2.24, 2.45) is 0 Å². The summed E-state index contributed by atoms with van der Waals surface area (Å²) in [6.07, 6.45) is 6.56. The Hall–Kier alpha value is -1.87. The van der Waals surface area contributed by atoms with Gasteiger partial charge in [-0.15, -0.1) is 6.42 Å². The van der Waals surface area contributed by atoms with Gasteiger partial charge in [-0.05, 0) is 6.92 Å². The largest absolute Gasteiger partial charge is 0.505 e. The van der Waals surface area contributed by atoms with E-state index in [2.05, 4.69) is 5.92 Å². The summed E-state index contributed by atoms with van der Waals surface area (Å²) in [4.78, 5) is 0. The fourth-order valence-electron chi connectivity index (χ4n) is 1.04. The summed E-state index contributed by atoms with van der Waals surface area (Å²) < 4.78 is 1.66. The molecule has 1 aromatic rings. The van der Waals surface area contributed by atoms with E-state index in [1.54, 1.807) is 11.5 Å². The highest BCUT2D eigenvalue weighted by Crippen LogP contribution is 2.21. The van der Waals surface area contributed by atoms with Crippen LogP contribution in [-0.2, 0) is 6.54 Å². The van der Waals surface area contributed by atoms with E-state index in [0.717, 1.165) is 0 Å². The van der Waals surface area contributed by atoms with E-state index in [4.69, 9.17) is 11.7 Å². The Morgan fingerprint density at radius 3 is 2.83 bits per heavy atom. The third-order valence-electron chi connectivity index (χ3n) is 1.70. The maximum Gasteiger partial charge on any atom is 0.151 e. The van der Waals surface area contributed by atoms with Crippen molar-refractivity contribution in [2.75, 3.05) is 0 Å². The molecule has 0 aliphatic carbocycles. The Kier molecular flexibility index (Phi) is 2.07. The normalized spacial score (nSPS) is 8.92. The van der Waals surface area contributed by atoms with Crippen molar-refractivity contribution in [2.45, 2.75) is 13.5 Å². The lowest BCUT2D eigenvalue weighted by molar-refractivity contribution is 0.473. The van der Waals surface area contributed by atoms with Gasteiger partial charge < -0.3 is 9.67 Å². The van der Waals surface area contributed by atoms with E-state index < -0.39 is 0 Å². The first-order chi connectivity index (χ1) is 5.70. The summed E-state index contributed by atoms with van der Waals surface area (Å²) in [7, 11) is 0. The van der Waals surface area contributed by atoms with Crippen LogP contribution in [0.2, 0.25) is 0 Å². The molecular formula is C9H8N2O. The van der Waals surface area contributed by atoms with Gasteiger partial charge in [-0.1, -0.05) is 5.92 Å². The van der Waals surface area contributed by atoms with E-state index in [-0.39, 0.29) is 5.75 Å². The number of terminal acetylenes is 1. The summed E-state index contributed by atoms with van der Waals surface area (Å²) in [5.41, 5.74) is 0.998. The molecule has 60 valence electrons. The van der Waals surface area contributed by atoms with Crippen LogP contribution in [-0.4, -0.2) is 9.67 Å². The Labute approximate surface area is 70.9 Å². The average Bonchev–Trinajstić information content (AvgIpc) is 2.29. The number of aromatic hydroxyl groups is 1. The monoisotopic (exact) mass is 160 g/mol. The summed E-state index contributed by atoms with van der Waals surface area (Å²) in [5, 5.41) is 17.8. The van der Waals surface area contributed by atoms with Crippen molar-refractivity contribution in [1.29, 1.82) is 5.26 Å². The third-order valence-corrected chi connectivity index (χ3v) is 1.70. The molecule has 1 heterocycles. The SMILES string of the molecule is C#CCn1cc(O)c(C#N)c1C. The lowest BCUT2D eigenvalue weighted by Crippen LogP contribution is -1.95. The van der Waals surface area contributed by atoms with Crippen LogP contribution in [0, 0.1) is 30.6 Å². The van der Waals surface area contributed by atoms with E-state index in [1.807, 2.05) is 6.07 Å². The molecule has 1 aromatic heterocycles. The van der Waals surface area contributed by atoms with Gasteiger partial charge in [0.2, 0.25) is 0 Å². The summed E-state index contributed by atoms with van der Waals surface area (Å²) in [6.45, 7) is 2.12. The summed E-state index contributed by atoms with van der Waals surface area (Å²) in [5.74, 6) is 2.42. The molecule has 0 saturated heterocycles. The predicted molar refractivity (Wildman–Crippen MR) is 44.4 cm³/mol. The van der Waals surface area contributed by atoms with Crippen molar-refractivity contribution in [3.05, 3.63) is 17.5 Å². The van der Waals surface area contributed by atoms with E-state index in [1.165, 1.54) is 6.20 Å². The first-order valence-corrected chi connectivity index (χ1v) is 3.43. The summed E-state index contributed by atoms with van der Waals surface area (Å²) >= 11 is 0. The molecule has 1 rings (SSSR count). The number of hydrogen-bond acceptors (Lipinski definition) is 2. The first-order valence-electron chi connectivity index (χ1n) is 3.43. The van der Waals surface area contributed by atoms with Crippen LogP contribution in [0.5, 0.6) is 5.75 Å². The Morgan fingerprint density at radius 2 is 2.42 bits per heavy atom. The lowest BCUT2D eigenvalue weighted by Gasteiger charge is -1.97. The molecular weight excluding hydrogens is 152 g/mol. The number of nitrogens with zero attached hydrogens (tertiary/aromatic N) is 2. The highest BCUT2D eigenvalue weighted by molar-refractivity contribution is 5.45. The molecule has 0 aromatic carbocycles. The molecule has 3 nitrogen and oxygen atoms in total. The quantitative estimate of drug-likeness (QED) is 0.623. The molecule has 3 heteroatoms. The minimum atomic E-state index is -0.00903. The molecule has 0 atom stereocenters. The maximum atomic E-state index is 9.23. The lowest BCUT2D eigenvalue weighted by atomic mass is 10.3. The van der Waals surface area contributed by atoms with Crippen molar-refractivity contribution in [1.82, 2.24) is 4.57 Å². The summed E-state index contributed by atoms with van der Waals surface area (Å²) in [6, 6.07) is 1.90. The zero-order chi connectivity index (χ0) is 9.14. The van der Waals surface area contributed by atoms with Crippen LogP contribution in [0.25, 0.3) is 0 Å². The van der Waals surface area contributed by atoms with Crippen LogP contribution in [0.1, 0.15) is 11.3 Å². The van der Waals surface area contributed by atoms with Gasteiger partial charge in [0.25, 0.3) is 0 Å². The molecule has 0 fully saturated rings. The van der Waals surface area contributed by atoms with Crippen molar-refractivity contribution in [3.8, 4) is 24.2 Å². The van der Waals surface area contributed by atoms with Crippen molar-refractivity contribution < 1.29 is 5.11 Å². The predicted octanol–water partition coefficient (Wildman–Crippen LogP) is 1.01. The van der Waals surface area contributed by atoms with Crippen molar-refractivity contribution in [3.63, 3.8) is 0 Å². The Morgan fingerprint density at radius 1 is 1.75 bits per heavy atom. The number of hydrogen-bond donors (Lipinski definition) is 1. The van der Waals surface area contributed by atoms with Gasteiger partial charge in [0.05, 0.1) is 6.54 Å². The second kappa shape index (κ2) is 3.02. The highest BCUT2D eigenvalue weighted by Gasteiger charge is 2.09. The van der Waals surface area contributed by atoms with Crippen LogP contribution < -0.4 is 0 Å².